The number of aromatic nitrogens is 2. The van der Waals surface area contributed by atoms with E-state index in [0.29, 0.717) is 28.0 Å². The zero-order valence-corrected chi connectivity index (χ0v) is 11.4. The Hall–Kier alpha value is -2.80. The minimum Gasteiger partial charge on any atom is -0.482 e. The summed E-state index contributed by atoms with van der Waals surface area (Å²) in [5, 5.41) is 4.71. The van der Waals surface area contributed by atoms with E-state index in [1.807, 2.05) is 12.1 Å². The number of hydrogen-bond donors (Lipinski definition) is 2. The lowest BCUT2D eigenvalue weighted by molar-refractivity contribution is 0.0950. The van der Waals surface area contributed by atoms with Gasteiger partial charge >= 0.3 is 0 Å². The van der Waals surface area contributed by atoms with Crippen molar-refractivity contribution in [3.63, 3.8) is 0 Å². The van der Waals surface area contributed by atoms with E-state index in [4.69, 9.17) is 15.0 Å². The Kier molecular flexibility index (Phi) is 3.33. The second-order valence-corrected chi connectivity index (χ2v) is 4.51. The van der Waals surface area contributed by atoms with Crippen LogP contribution >= 0.6 is 0 Å². The first-order chi connectivity index (χ1) is 10.2. The van der Waals surface area contributed by atoms with Gasteiger partial charge in [0.2, 0.25) is 0 Å². The van der Waals surface area contributed by atoms with Crippen molar-refractivity contribution < 1.29 is 13.9 Å². The number of aryl methyl sites for hydroxylation is 1. The summed E-state index contributed by atoms with van der Waals surface area (Å²) in [5.41, 5.74) is 3.13. The van der Waals surface area contributed by atoms with Crippen LogP contribution in [-0.2, 0) is 13.7 Å². The van der Waals surface area contributed by atoms with Crippen LogP contribution in [0.15, 0.2) is 41.1 Å². The van der Waals surface area contributed by atoms with Gasteiger partial charge < -0.3 is 9.15 Å². The fraction of sp³-hybridized carbons (Fsp3) is 0.143. The van der Waals surface area contributed by atoms with Crippen molar-refractivity contribution >= 4 is 16.9 Å². The number of hydrogen-bond acceptors (Lipinski definition) is 5. The minimum absolute atomic E-state index is 0.114. The summed E-state index contributed by atoms with van der Waals surface area (Å²) >= 11 is 0. The fourth-order valence-electron chi connectivity index (χ4n) is 2.14. The molecule has 21 heavy (non-hydrogen) atoms. The van der Waals surface area contributed by atoms with Gasteiger partial charge in [-0.25, -0.2) is 5.84 Å². The highest BCUT2D eigenvalue weighted by Gasteiger charge is 2.20. The van der Waals surface area contributed by atoms with Gasteiger partial charge in [0, 0.05) is 12.4 Å². The van der Waals surface area contributed by atoms with Crippen molar-refractivity contribution in [3.05, 3.63) is 48.0 Å². The topological polar surface area (TPSA) is 95.3 Å². The molecule has 0 aliphatic heterocycles. The molecule has 108 valence electrons. The van der Waals surface area contributed by atoms with Crippen LogP contribution in [0.5, 0.6) is 5.75 Å². The van der Waals surface area contributed by atoms with Gasteiger partial charge in [-0.05, 0) is 6.07 Å². The largest absolute Gasteiger partial charge is 0.482 e. The summed E-state index contributed by atoms with van der Waals surface area (Å²) in [6, 6.07) is 7.26. The maximum absolute atomic E-state index is 12.0. The standard InChI is InChI=1S/C14H14N4O3/c1-18-7-9(6-16-18)20-8-12-13(14(19)17-15)10-4-2-3-5-11(10)21-12/h2-7H,8,15H2,1H3,(H,17,19). The third-order valence-electron chi connectivity index (χ3n) is 3.08. The summed E-state index contributed by atoms with van der Waals surface area (Å²) in [5.74, 6) is 5.84. The van der Waals surface area contributed by atoms with Crippen LogP contribution in [0.2, 0.25) is 0 Å². The van der Waals surface area contributed by atoms with Gasteiger partial charge in [-0.2, -0.15) is 5.10 Å². The van der Waals surface area contributed by atoms with Gasteiger partial charge in [-0.15, -0.1) is 0 Å². The smallest absolute Gasteiger partial charge is 0.269 e. The highest BCUT2D eigenvalue weighted by Crippen LogP contribution is 2.26. The Balaban J connectivity index is 1.95. The highest BCUT2D eigenvalue weighted by atomic mass is 16.5. The van der Waals surface area contributed by atoms with Crippen LogP contribution in [0.25, 0.3) is 11.0 Å². The van der Waals surface area contributed by atoms with Gasteiger partial charge in [0.1, 0.15) is 12.2 Å². The average Bonchev–Trinajstić information content (AvgIpc) is 3.07. The molecule has 0 radical (unpaired) electrons. The molecule has 0 aliphatic carbocycles. The monoisotopic (exact) mass is 286 g/mol. The summed E-state index contributed by atoms with van der Waals surface area (Å²) in [7, 11) is 1.79. The molecule has 2 heterocycles. The number of para-hydroxylation sites is 1. The second kappa shape index (κ2) is 5.29. The van der Waals surface area contributed by atoms with Crippen molar-refractivity contribution in [2.75, 3.05) is 0 Å². The second-order valence-electron chi connectivity index (χ2n) is 4.51. The third-order valence-corrected chi connectivity index (χ3v) is 3.08. The molecule has 0 aliphatic rings. The zero-order valence-electron chi connectivity index (χ0n) is 11.4. The molecule has 0 bridgehead atoms. The van der Waals surface area contributed by atoms with Crippen LogP contribution in [0.4, 0.5) is 0 Å². The Morgan fingerprint density at radius 1 is 1.48 bits per heavy atom. The van der Waals surface area contributed by atoms with Gasteiger partial charge in [-0.1, -0.05) is 18.2 Å². The number of nitrogens with one attached hydrogen (secondary N) is 1. The Morgan fingerprint density at radius 2 is 2.29 bits per heavy atom. The molecular weight excluding hydrogens is 272 g/mol. The van der Waals surface area contributed by atoms with Crippen molar-refractivity contribution in [1.29, 1.82) is 0 Å². The summed E-state index contributed by atoms with van der Waals surface area (Å²) in [4.78, 5) is 12.0. The number of carbonyl (C=O) groups excluding carboxylic acids is 1. The number of benzene rings is 1. The number of fused-ring (bicyclic) bond motifs is 1. The fourth-order valence-corrected chi connectivity index (χ4v) is 2.14. The molecular formula is C14H14N4O3. The molecule has 1 amide bonds. The predicted molar refractivity (Wildman–Crippen MR) is 75.4 cm³/mol. The number of nitrogens with zero attached hydrogens (tertiary/aromatic N) is 2. The van der Waals surface area contributed by atoms with Crippen molar-refractivity contribution in [3.8, 4) is 5.75 Å². The normalized spacial score (nSPS) is 10.8. The number of hydrazine groups is 1. The summed E-state index contributed by atoms with van der Waals surface area (Å²) in [6.07, 6.45) is 3.32. The van der Waals surface area contributed by atoms with Gasteiger partial charge in [0.25, 0.3) is 5.91 Å². The SMILES string of the molecule is Cn1cc(OCc2oc3ccccc3c2C(=O)NN)cn1. The van der Waals surface area contributed by atoms with Crippen molar-refractivity contribution in [2.45, 2.75) is 6.61 Å². The quantitative estimate of drug-likeness (QED) is 0.429. The number of nitrogens with two attached hydrogens (primary N) is 1. The number of amides is 1. The van der Waals surface area contributed by atoms with E-state index in [9.17, 15) is 4.79 Å². The van der Waals surface area contributed by atoms with Gasteiger partial charge in [-0.3, -0.25) is 14.9 Å². The molecule has 0 spiro atoms. The van der Waals surface area contributed by atoms with E-state index in [1.165, 1.54) is 0 Å². The molecule has 0 unspecified atom stereocenters. The molecule has 3 aromatic rings. The molecule has 7 heteroatoms. The van der Waals surface area contributed by atoms with Crippen molar-refractivity contribution in [1.82, 2.24) is 15.2 Å². The van der Waals surface area contributed by atoms with Crippen LogP contribution in [0.1, 0.15) is 16.1 Å². The first-order valence-electron chi connectivity index (χ1n) is 6.32. The number of nitrogen functional groups attached to an aromatic ring is 1. The van der Waals surface area contributed by atoms with E-state index in [0.717, 1.165) is 0 Å². The molecule has 0 saturated heterocycles. The lowest BCUT2D eigenvalue weighted by atomic mass is 10.1. The van der Waals surface area contributed by atoms with Gasteiger partial charge in [0.05, 0.1) is 18.0 Å². The number of carbonyl (C=O) groups is 1. The van der Waals surface area contributed by atoms with Crippen LogP contribution in [0, 0.1) is 0 Å². The molecule has 2 aromatic heterocycles. The first kappa shape index (κ1) is 13.2. The van der Waals surface area contributed by atoms with E-state index in [-0.39, 0.29) is 6.61 Å². The minimum atomic E-state index is -0.412. The molecule has 7 nitrogen and oxygen atoms in total. The Labute approximate surface area is 120 Å². The number of furan rings is 1. The summed E-state index contributed by atoms with van der Waals surface area (Å²) < 4.78 is 12.9. The van der Waals surface area contributed by atoms with E-state index in [2.05, 4.69) is 10.5 Å². The number of ether oxygens (including phenoxy) is 1. The molecule has 3 rings (SSSR count). The Morgan fingerprint density at radius 3 is 3.00 bits per heavy atom. The zero-order chi connectivity index (χ0) is 14.8. The maximum Gasteiger partial charge on any atom is 0.269 e. The van der Waals surface area contributed by atoms with E-state index >= 15 is 0 Å². The Bertz CT molecular complexity index is 790. The lowest BCUT2D eigenvalue weighted by Crippen LogP contribution is -2.30. The number of rotatable bonds is 4. The van der Waals surface area contributed by atoms with Gasteiger partial charge in [0.15, 0.2) is 11.5 Å². The molecule has 0 fully saturated rings. The van der Waals surface area contributed by atoms with Crippen LogP contribution < -0.4 is 16.0 Å². The molecule has 0 saturated carbocycles. The first-order valence-corrected chi connectivity index (χ1v) is 6.32. The maximum atomic E-state index is 12.0. The average molecular weight is 286 g/mol. The molecule has 0 atom stereocenters. The van der Waals surface area contributed by atoms with Crippen molar-refractivity contribution in [2.24, 2.45) is 12.9 Å². The van der Waals surface area contributed by atoms with E-state index < -0.39 is 5.91 Å². The molecule has 3 N–H and O–H groups in total. The third kappa shape index (κ3) is 2.46. The van der Waals surface area contributed by atoms with Crippen LogP contribution in [0.3, 0.4) is 0 Å². The summed E-state index contributed by atoms with van der Waals surface area (Å²) in [6.45, 7) is 0.114. The predicted octanol–water partition coefficient (Wildman–Crippen LogP) is 1.35. The van der Waals surface area contributed by atoms with Crippen LogP contribution in [-0.4, -0.2) is 15.7 Å². The van der Waals surface area contributed by atoms with E-state index in [1.54, 1.807) is 36.3 Å². The highest BCUT2D eigenvalue weighted by molar-refractivity contribution is 6.06. The lowest BCUT2D eigenvalue weighted by Gasteiger charge is -2.03. The molecule has 1 aromatic carbocycles.